The molecule has 0 fully saturated rings. The molecule has 1 N–H and O–H groups in total. The normalized spacial score (nSPS) is 17.9. The molecule has 2 heterocycles. The largest absolute Gasteiger partial charge is 0.343 e. The van der Waals surface area contributed by atoms with E-state index in [4.69, 9.17) is 5.10 Å². The summed E-state index contributed by atoms with van der Waals surface area (Å²) in [6.07, 6.45) is 2.12. The molecule has 5 rings (SSSR count). The topological polar surface area (TPSA) is 90.1 Å². The number of Topliss-reactive ketones (excluding diaryl/α,β-unsaturated/α-hetero) is 1. The first-order valence-electron chi connectivity index (χ1n) is 9.97. The lowest BCUT2D eigenvalue weighted by atomic mass is 9.76. The number of nitro groups is 1. The molecule has 0 saturated carbocycles. The molecule has 150 valence electrons. The van der Waals surface area contributed by atoms with Gasteiger partial charge in [0.05, 0.1) is 16.3 Å². The second-order valence-corrected chi connectivity index (χ2v) is 7.67. The van der Waals surface area contributed by atoms with Crippen molar-refractivity contribution in [1.29, 1.82) is 0 Å². The lowest BCUT2D eigenvalue weighted by Crippen LogP contribution is -2.27. The fraction of sp³-hybridized carbons (Fsp3) is 0.217. The van der Waals surface area contributed by atoms with Crippen molar-refractivity contribution in [3.63, 3.8) is 0 Å². The third kappa shape index (κ3) is 2.82. The molecule has 0 radical (unpaired) electrons. The zero-order valence-corrected chi connectivity index (χ0v) is 16.5. The Hall–Kier alpha value is -3.74. The first-order chi connectivity index (χ1) is 14.5. The molecule has 30 heavy (non-hydrogen) atoms. The van der Waals surface area contributed by atoms with Crippen molar-refractivity contribution in [2.75, 3.05) is 5.32 Å². The van der Waals surface area contributed by atoms with Crippen LogP contribution in [0.15, 0.2) is 65.9 Å². The summed E-state index contributed by atoms with van der Waals surface area (Å²) >= 11 is 0. The van der Waals surface area contributed by atoms with Crippen molar-refractivity contribution in [1.82, 2.24) is 9.78 Å². The van der Waals surface area contributed by atoms with E-state index in [1.807, 2.05) is 41.9 Å². The predicted octanol–water partition coefficient (Wildman–Crippen LogP) is 4.65. The number of rotatable bonds is 3. The van der Waals surface area contributed by atoms with Gasteiger partial charge in [0.1, 0.15) is 5.82 Å². The van der Waals surface area contributed by atoms with Gasteiger partial charge in [-0.1, -0.05) is 30.3 Å². The number of hydrogen-bond acceptors (Lipinski definition) is 5. The smallest absolute Gasteiger partial charge is 0.269 e. The molecule has 2 aliphatic rings. The summed E-state index contributed by atoms with van der Waals surface area (Å²) < 4.78 is 1.88. The quantitative estimate of drug-likeness (QED) is 0.510. The van der Waals surface area contributed by atoms with E-state index in [2.05, 4.69) is 5.32 Å². The van der Waals surface area contributed by atoms with Crippen LogP contribution in [0.25, 0.3) is 5.69 Å². The first kappa shape index (κ1) is 18.3. The van der Waals surface area contributed by atoms with E-state index in [9.17, 15) is 14.9 Å². The Morgan fingerprint density at radius 3 is 2.53 bits per heavy atom. The van der Waals surface area contributed by atoms with Gasteiger partial charge in [0.15, 0.2) is 5.78 Å². The number of aryl methyl sites for hydroxylation is 1. The number of nitrogens with one attached hydrogen (secondary N) is 1. The molecule has 0 amide bonds. The van der Waals surface area contributed by atoms with Gasteiger partial charge in [-0.15, -0.1) is 0 Å². The molecule has 1 aliphatic carbocycles. The van der Waals surface area contributed by atoms with Crippen molar-refractivity contribution in [2.45, 2.75) is 32.1 Å². The van der Waals surface area contributed by atoms with Crippen LogP contribution in [0.3, 0.4) is 0 Å². The van der Waals surface area contributed by atoms with Crippen LogP contribution in [0, 0.1) is 17.0 Å². The van der Waals surface area contributed by atoms with Gasteiger partial charge in [0, 0.05) is 41.3 Å². The SMILES string of the molecule is Cc1nn(-c2ccccc2)c2c1[C@@H](c1ccc([N+](=O)[O-])cc1)C1=C(CCCC1=O)N2. The van der Waals surface area contributed by atoms with Crippen molar-refractivity contribution in [2.24, 2.45) is 0 Å². The Balaban J connectivity index is 1.72. The van der Waals surface area contributed by atoms with E-state index >= 15 is 0 Å². The summed E-state index contributed by atoms with van der Waals surface area (Å²) in [7, 11) is 0. The minimum Gasteiger partial charge on any atom is -0.343 e. The number of aromatic nitrogens is 2. The van der Waals surface area contributed by atoms with E-state index < -0.39 is 4.92 Å². The van der Waals surface area contributed by atoms with E-state index in [0.717, 1.165) is 52.4 Å². The van der Waals surface area contributed by atoms with Crippen LogP contribution < -0.4 is 5.32 Å². The Labute approximate surface area is 173 Å². The molecule has 0 bridgehead atoms. The van der Waals surface area contributed by atoms with Gasteiger partial charge in [-0.25, -0.2) is 4.68 Å². The minimum atomic E-state index is -0.410. The highest BCUT2D eigenvalue weighted by Gasteiger charge is 2.38. The molecule has 2 aromatic carbocycles. The average Bonchev–Trinajstić information content (AvgIpc) is 3.09. The maximum absolute atomic E-state index is 13.0. The highest BCUT2D eigenvalue weighted by atomic mass is 16.6. The lowest BCUT2D eigenvalue weighted by Gasteiger charge is -2.33. The first-order valence-corrected chi connectivity index (χ1v) is 9.97. The third-order valence-electron chi connectivity index (χ3n) is 5.85. The Bertz CT molecular complexity index is 1190. The fourth-order valence-electron chi connectivity index (χ4n) is 4.50. The highest BCUT2D eigenvalue weighted by Crippen LogP contribution is 2.47. The summed E-state index contributed by atoms with van der Waals surface area (Å²) in [5.74, 6) is 0.697. The molecule has 1 aromatic heterocycles. The van der Waals surface area contributed by atoms with Crippen molar-refractivity contribution in [3.8, 4) is 5.69 Å². The number of para-hydroxylation sites is 1. The number of hydrogen-bond donors (Lipinski definition) is 1. The van der Waals surface area contributed by atoms with Crippen LogP contribution in [-0.4, -0.2) is 20.5 Å². The maximum atomic E-state index is 13.0. The Morgan fingerprint density at radius 1 is 1.10 bits per heavy atom. The second-order valence-electron chi connectivity index (χ2n) is 7.67. The van der Waals surface area contributed by atoms with Crippen LogP contribution in [0.4, 0.5) is 11.5 Å². The third-order valence-corrected chi connectivity index (χ3v) is 5.85. The molecule has 1 atom stereocenters. The van der Waals surface area contributed by atoms with E-state index in [-0.39, 0.29) is 17.4 Å². The number of benzene rings is 2. The van der Waals surface area contributed by atoms with Crippen LogP contribution >= 0.6 is 0 Å². The van der Waals surface area contributed by atoms with Crippen LogP contribution in [-0.2, 0) is 4.79 Å². The average molecular weight is 400 g/mol. The van der Waals surface area contributed by atoms with Gasteiger partial charge in [-0.3, -0.25) is 14.9 Å². The molecule has 0 unspecified atom stereocenters. The number of nitrogens with zero attached hydrogens (tertiary/aromatic N) is 3. The Kier molecular flexibility index (Phi) is 4.24. The number of allylic oxidation sites excluding steroid dienone is 2. The zero-order valence-electron chi connectivity index (χ0n) is 16.5. The van der Waals surface area contributed by atoms with Gasteiger partial charge in [-0.2, -0.15) is 5.10 Å². The van der Waals surface area contributed by atoms with Crippen molar-refractivity contribution in [3.05, 3.63) is 92.8 Å². The van der Waals surface area contributed by atoms with Crippen LogP contribution in [0.2, 0.25) is 0 Å². The van der Waals surface area contributed by atoms with E-state index in [0.29, 0.717) is 6.42 Å². The number of ketones is 1. The summed E-state index contributed by atoms with van der Waals surface area (Å²) in [4.78, 5) is 23.6. The summed E-state index contributed by atoms with van der Waals surface area (Å²) in [6.45, 7) is 1.94. The lowest BCUT2D eigenvalue weighted by molar-refractivity contribution is -0.384. The standard InChI is InChI=1S/C23H20N4O3/c1-14-20-21(15-10-12-17(13-11-15)27(29)30)22-18(8-5-9-19(22)28)24-23(20)26(25-14)16-6-3-2-4-7-16/h2-4,6-7,10-13,21,24H,5,8-9H2,1H3/t21-/m1/s1. The van der Waals surface area contributed by atoms with Gasteiger partial charge in [0.25, 0.3) is 5.69 Å². The molecule has 0 saturated heterocycles. The number of carbonyl (C=O) groups excluding carboxylic acids is 1. The zero-order chi connectivity index (χ0) is 20.8. The minimum absolute atomic E-state index is 0.0359. The van der Waals surface area contributed by atoms with E-state index in [1.54, 1.807) is 12.1 Å². The van der Waals surface area contributed by atoms with Crippen molar-refractivity contribution >= 4 is 17.3 Å². The number of carbonyl (C=O) groups is 1. The summed E-state index contributed by atoms with van der Waals surface area (Å²) in [6, 6.07) is 16.4. The van der Waals surface area contributed by atoms with E-state index in [1.165, 1.54) is 12.1 Å². The van der Waals surface area contributed by atoms with Gasteiger partial charge < -0.3 is 5.32 Å². The molecule has 7 heteroatoms. The van der Waals surface area contributed by atoms with Crippen molar-refractivity contribution < 1.29 is 9.72 Å². The second kappa shape index (κ2) is 6.95. The van der Waals surface area contributed by atoms with Gasteiger partial charge >= 0.3 is 0 Å². The van der Waals surface area contributed by atoms with Crippen LogP contribution in [0.5, 0.6) is 0 Å². The predicted molar refractivity (Wildman–Crippen MR) is 113 cm³/mol. The summed E-state index contributed by atoms with van der Waals surface area (Å²) in [5.41, 5.74) is 5.30. The number of nitro benzene ring substituents is 1. The number of anilines is 1. The fourth-order valence-corrected chi connectivity index (χ4v) is 4.50. The molecule has 0 spiro atoms. The summed E-state index contributed by atoms with van der Waals surface area (Å²) in [5, 5.41) is 19.4. The molecule has 7 nitrogen and oxygen atoms in total. The monoisotopic (exact) mass is 400 g/mol. The molecule has 1 aliphatic heterocycles. The Morgan fingerprint density at radius 2 is 1.83 bits per heavy atom. The highest BCUT2D eigenvalue weighted by molar-refractivity contribution is 6.01. The van der Waals surface area contributed by atoms with Crippen LogP contribution in [0.1, 0.15) is 42.0 Å². The van der Waals surface area contributed by atoms with Gasteiger partial charge in [0.2, 0.25) is 0 Å². The number of non-ortho nitro benzene ring substituents is 1. The number of fused-ring (bicyclic) bond motifs is 1. The maximum Gasteiger partial charge on any atom is 0.269 e. The molecule has 3 aromatic rings. The molecular weight excluding hydrogens is 380 g/mol. The van der Waals surface area contributed by atoms with Gasteiger partial charge in [-0.05, 0) is 37.5 Å². The molecular formula is C23H20N4O3.